The van der Waals surface area contributed by atoms with E-state index < -0.39 is 8.80 Å². The Labute approximate surface area is 148 Å². The number of hydrogen-bond donors (Lipinski definition) is 0. The Hall–Kier alpha value is -0.403. The molecule has 0 amide bonds. The first-order valence-corrected chi connectivity index (χ1v) is 11.6. The van der Waals surface area contributed by atoms with Gasteiger partial charge in [0.15, 0.2) is 0 Å². The molecule has 1 aliphatic heterocycles. The number of ether oxygens (including phenoxy) is 1. The zero-order chi connectivity index (χ0) is 17.3. The van der Waals surface area contributed by atoms with E-state index in [2.05, 4.69) is 11.5 Å². The summed E-state index contributed by atoms with van der Waals surface area (Å²) in [6.45, 7) is 11.5. The maximum atomic E-state index is 6.46. The van der Waals surface area contributed by atoms with Crippen LogP contribution in [0.15, 0.2) is 12.8 Å². The van der Waals surface area contributed by atoms with Crippen LogP contribution in [0.5, 0.6) is 0 Å². The van der Waals surface area contributed by atoms with Gasteiger partial charge in [0.05, 0.1) is 12.7 Å². The quantitative estimate of drug-likeness (QED) is 0.621. The van der Waals surface area contributed by atoms with Crippen LogP contribution in [-0.4, -0.2) is 58.8 Å². The van der Waals surface area contributed by atoms with E-state index in [9.17, 15) is 0 Å². The fraction of sp³-hybridized carbons (Fsp3) is 0.889. The van der Waals surface area contributed by atoms with Gasteiger partial charge in [-0.2, -0.15) is 0 Å². The lowest BCUT2D eigenvalue weighted by Gasteiger charge is -2.39. The first-order valence-electron chi connectivity index (χ1n) is 9.64. The molecule has 0 aromatic carbocycles. The molecule has 0 aromatic rings. The molecule has 0 aromatic heterocycles. The van der Waals surface area contributed by atoms with Gasteiger partial charge >= 0.3 is 8.80 Å². The van der Waals surface area contributed by atoms with Gasteiger partial charge in [0, 0.05) is 38.5 Å². The predicted molar refractivity (Wildman–Crippen MR) is 97.9 cm³/mol. The second kappa shape index (κ2) is 10.6. The predicted octanol–water partition coefficient (Wildman–Crippen LogP) is 3.58. The van der Waals surface area contributed by atoms with Crippen molar-refractivity contribution in [1.82, 2.24) is 4.90 Å². The van der Waals surface area contributed by atoms with Crippen LogP contribution in [-0.2, 0) is 18.0 Å². The molecule has 0 N–H and O–H groups in total. The molecular formula is C18H35NO4Si. The van der Waals surface area contributed by atoms with E-state index in [1.807, 2.05) is 20.0 Å². The summed E-state index contributed by atoms with van der Waals surface area (Å²) in [5.74, 6) is 0. The summed E-state index contributed by atoms with van der Waals surface area (Å²) in [5.41, 5.74) is 0. The average Bonchev–Trinajstić information content (AvgIpc) is 2.58. The summed E-state index contributed by atoms with van der Waals surface area (Å²) in [6.07, 6.45) is 9.37. The molecule has 1 saturated heterocycles. The molecule has 1 heterocycles. The summed E-state index contributed by atoms with van der Waals surface area (Å²) in [6, 6.07) is 1.42. The molecule has 5 nitrogen and oxygen atoms in total. The van der Waals surface area contributed by atoms with E-state index in [1.165, 1.54) is 32.1 Å². The number of rotatable bonds is 8. The second-order valence-electron chi connectivity index (χ2n) is 6.64. The topological polar surface area (TPSA) is 40.2 Å². The summed E-state index contributed by atoms with van der Waals surface area (Å²) < 4.78 is 24.3. The van der Waals surface area contributed by atoms with Crippen molar-refractivity contribution in [2.24, 2.45) is 0 Å². The van der Waals surface area contributed by atoms with E-state index in [-0.39, 0.29) is 6.10 Å². The van der Waals surface area contributed by atoms with E-state index in [1.54, 1.807) is 0 Å². The molecule has 0 spiro atoms. The van der Waals surface area contributed by atoms with Crippen molar-refractivity contribution in [3.63, 3.8) is 0 Å². The third-order valence-electron chi connectivity index (χ3n) is 4.84. The van der Waals surface area contributed by atoms with Crippen molar-refractivity contribution in [2.75, 3.05) is 33.0 Å². The summed E-state index contributed by atoms with van der Waals surface area (Å²) in [5, 5.41) is 0. The first kappa shape index (κ1) is 19.9. The highest BCUT2D eigenvalue weighted by Crippen LogP contribution is 2.26. The number of nitrogens with zero attached hydrogens (tertiary/aromatic N) is 1. The molecule has 140 valence electrons. The highest BCUT2D eigenvalue weighted by molar-refractivity contribution is 6.60. The van der Waals surface area contributed by atoms with Crippen LogP contribution in [0.25, 0.3) is 0 Å². The molecule has 1 unspecified atom stereocenters. The lowest BCUT2D eigenvalue weighted by atomic mass is 9.94. The Morgan fingerprint density at radius 2 is 1.83 bits per heavy atom. The van der Waals surface area contributed by atoms with Gasteiger partial charge in [-0.05, 0) is 39.3 Å². The second-order valence-corrected chi connectivity index (χ2v) is 9.32. The Morgan fingerprint density at radius 1 is 1.12 bits per heavy atom. The van der Waals surface area contributed by atoms with Gasteiger partial charge < -0.3 is 22.9 Å². The van der Waals surface area contributed by atoms with Crippen molar-refractivity contribution in [1.29, 1.82) is 0 Å². The SMILES string of the molecule is C=CN(CC1COCCC[Si](OCC)(OCC)O1)C1CCCCC1. The minimum Gasteiger partial charge on any atom is -0.379 e. The average molecular weight is 358 g/mol. The fourth-order valence-corrected chi connectivity index (χ4v) is 6.49. The standard InChI is InChI=1S/C18H35NO4Si/c1-4-19(17-11-8-7-9-12-17)15-18-16-20-13-10-14-24(23-18,21-5-2)22-6-3/h4,17-18H,1,5-16H2,2-3H3. The minimum absolute atomic E-state index is 0.0185. The Balaban J connectivity index is 2.02. The molecule has 1 aliphatic carbocycles. The maximum absolute atomic E-state index is 6.46. The van der Waals surface area contributed by atoms with Gasteiger partial charge in [-0.15, -0.1) is 0 Å². The van der Waals surface area contributed by atoms with Crippen LogP contribution in [0.1, 0.15) is 52.4 Å². The van der Waals surface area contributed by atoms with Gasteiger partial charge in [0.1, 0.15) is 0 Å². The Bertz CT molecular complexity index is 357. The molecule has 2 aliphatic rings. The van der Waals surface area contributed by atoms with Crippen molar-refractivity contribution >= 4 is 8.80 Å². The normalized spacial score (nSPS) is 25.7. The summed E-state index contributed by atoms with van der Waals surface area (Å²) in [4.78, 5) is 2.35. The van der Waals surface area contributed by atoms with E-state index in [4.69, 9.17) is 18.0 Å². The first-order chi connectivity index (χ1) is 11.7. The van der Waals surface area contributed by atoms with E-state index >= 15 is 0 Å². The molecule has 2 rings (SSSR count). The zero-order valence-corrected chi connectivity index (χ0v) is 16.5. The third-order valence-corrected chi connectivity index (χ3v) is 7.96. The maximum Gasteiger partial charge on any atom is 0.501 e. The molecule has 0 bridgehead atoms. The molecular weight excluding hydrogens is 322 g/mol. The lowest BCUT2D eigenvalue weighted by molar-refractivity contribution is -0.0365. The molecule has 6 heteroatoms. The largest absolute Gasteiger partial charge is 0.501 e. The van der Waals surface area contributed by atoms with Gasteiger partial charge in [-0.1, -0.05) is 25.8 Å². The van der Waals surface area contributed by atoms with E-state index in [0.29, 0.717) is 25.9 Å². The Kier molecular flexibility index (Phi) is 8.76. The third kappa shape index (κ3) is 5.84. The molecule has 1 atom stereocenters. The van der Waals surface area contributed by atoms with Crippen LogP contribution < -0.4 is 0 Å². The fourth-order valence-electron chi connectivity index (χ4n) is 3.76. The lowest BCUT2D eigenvalue weighted by Crippen LogP contribution is -2.53. The van der Waals surface area contributed by atoms with Gasteiger partial charge in [0.2, 0.25) is 0 Å². The highest BCUT2D eigenvalue weighted by Gasteiger charge is 2.44. The molecule has 24 heavy (non-hydrogen) atoms. The molecule has 1 saturated carbocycles. The monoisotopic (exact) mass is 357 g/mol. The van der Waals surface area contributed by atoms with Gasteiger partial charge in [-0.3, -0.25) is 0 Å². The van der Waals surface area contributed by atoms with Crippen LogP contribution in [0.2, 0.25) is 6.04 Å². The highest BCUT2D eigenvalue weighted by atomic mass is 28.4. The number of hydrogen-bond acceptors (Lipinski definition) is 5. The van der Waals surface area contributed by atoms with E-state index in [0.717, 1.165) is 25.6 Å². The van der Waals surface area contributed by atoms with Crippen molar-refractivity contribution in [3.8, 4) is 0 Å². The summed E-state index contributed by atoms with van der Waals surface area (Å²) in [7, 11) is -2.60. The van der Waals surface area contributed by atoms with Gasteiger partial charge in [-0.25, -0.2) is 0 Å². The van der Waals surface area contributed by atoms with Crippen LogP contribution in [0, 0.1) is 0 Å². The molecule has 2 fully saturated rings. The van der Waals surface area contributed by atoms with Gasteiger partial charge in [0.25, 0.3) is 0 Å². The van der Waals surface area contributed by atoms with Crippen LogP contribution >= 0.6 is 0 Å². The molecule has 0 radical (unpaired) electrons. The Morgan fingerprint density at radius 3 is 2.46 bits per heavy atom. The summed E-state index contributed by atoms with van der Waals surface area (Å²) >= 11 is 0. The van der Waals surface area contributed by atoms with Crippen LogP contribution in [0.4, 0.5) is 0 Å². The minimum atomic E-state index is -2.60. The van der Waals surface area contributed by atoms with Crippen molar-refractivity contribution in [2.45, 2.75) is 70.6 Å². The zero-order valence-electron chi connectivity index (χ0n) is 15.5. The smallest absolute Gasteiger partial charge is 0.379 e. The van der Waals surface area contributed by atoms with Crippen molar-refractivity contribution < 1.29 is 18.0 Å². The van der Waals surface area contributed by atoms with Crippen LogP contribution in [0.3, 0.4) is 0 Å². The van der Waals surface area contributed by atoms with Crippen molar-refractivity contribution in [3.05, 3.63) is 12.8 Å².